The largest absolute Gasteiger partial charge is 0.237 e. The van der Waals surface area contributed by atoms with Crippen LogP contribution in [0.5, 0.6) is 0 Å². The van der Waals surface area contributed by atoms with Crippen LogP contribution in [0.1, 0.15) is 0 Å². The van der Waals surface area contributed by atoms with Gasteiger partial charge in [-0.3, -0.25) is 0 Å². The molecule has 0 radical (unpaired) electrons. The lowest BCUT2D eigenvalue weighted by molar-refractivity contribution is 1.06. The van der Waals surface area contributed by atoms with Gasteiger partial charge in [0.05, 0.1) is 0 Å². The molecule has 0 spiro atoms. The summed E-state index contributed by atoms with van der Waals surface area (Å²) in [7, 11) is 0. The maximum atomic E-state index is 4.54. The van der Waals surface area contributed by atoms with E-state index in [1.807, 2.05) is 12.1 Å². The highest BCUT2D eigenvalue weighted by molar-refractivity contribution is 6.40. The van der Waals surface area contributed by atoms with E-state index in [0.29, 0.717) is 17.5 Å². The van der Waals surface area contributed by atoms with Gasteiger partial charge in [0.25, 0.3) is 0 Å². The van der Waals surface area contributed by atoms with E-state index in [9.17, 15) is 0 Å². The number of hydrogen-bond donors (Lipinski definition) is 0. The molecule has 0 N–H and O–H groups in total. The summed E-state index contributed by atoms with van der Waals surface area (Å²) >= 11 is 0. The Morgan fingerprint density at radius 2 is 0.285 bits per heavy atom. The molecular formula is C131H79N13. The molecule has 5 heterocycles. The van der Waals surface area contributed by atoms with Crippen LogP contribution in [0.3, 0.4) is 0 Å². The fraction of sp³-hybridized carbons (Fsp3) is 0. The van der Waals surface area contributed by atoms with Gasteiger partial charge in [-0.05, 0) is 281 Å². The predicted octanol–water partition coefficient (Wildman–Crippen LogP) is 33.1. The molecule has 13 nitrogen and oxygen atoms in total. The SMILES string of the molecule is c1ccc2c(c1)c(-c1ncncn1)cc1c3ccccc3c3ccccc3c21.c1ccc2c(c1)ccc1c3ccccc3c3cc(-c4ncncn4)c4ccccc4c3c21.c1ccc2cc3c(cc2c1)c1ccccc1c1cc(-c2ncncn2)c2ccccc2c13.c1cnc(-c2cc3c4ccccc4c4ccccc4c3c3ccccc23)nc1.c1cnc(-c2cc3c4ccccc4ccc3c3ccccc23)nc1. The van der Waals surface area contributed by atoms with Crippen molar-refractivity contribution in [3.05, 3.63) is 481 Å². The van der Waals surface area contributed by atoms with Crippen LogP contribution in [0.15, 0.2) is 481 Å². The van der Waals surface area contributed by atoms with E-state index < -0.39 is 0 Å². The van der Waals surface area contributed by atoms with E-state index in [1.165, 1.54) is 210 Å². The summed E-state index contributed by atoms with van der Waals surface area (Å²) in [6.07, 6.45) is 16.6. The zero-order valence-electron chi connectivity index (χ0n) is 77.4. The molecule has 5 aromatic heterocycles. The van der Waals surface area contributed by atoms with E-state index in [0.717, 1.165) is 55.6 Å². The predicted molar refractivity (Wildman–Crippen MR) is 598 cm³/mol. The lowest BCUT2D eigenvalue weighted by Crippen LogP contribution is -1.93. The van der Waals surface area contributed by atoms with Gasteiger partial charge in [-0.15, -0.1) is 0 Å². The minimum absolute atomic E-state index is 0.695. The maximum Gasteiger partial charge on any atom is 0.163 e. The molecule has 31 rings (SSSR count). The van der Waals surface area contributed by atoms with Crippen molar-refractivity contribution in [2.45, 2.75) is 0 Å². The van der Waals surface area contributed by atoms with Crippen LogP contribution in [-0.4, -0.2) is 64.8 Å². The second-order valence-corrected chi connectivity index (χ2v) is 36.2. The fourth-order valence-corrected chi connectivity index (χ4v) is 22.4. The molecule has 0 fully saturated rings. The first-order valence-electron chi connectivity index (χ1n) is 48.1. The summed E-state index contributed by atoms with van der Waals surface area (Å²) in [5.41, 5.74) is 5.24. The van der Waals surface area contributed by atoms with E-state index >= 15 is 0 Å². The zero-order chi connectivity index (χ0) is 95.1. The van der Waals surface area contributed by atoms with Crippen LogP contribution < -0.4 is 0 Å². The second-order valence-electron chi connectivity index (χ2n) is 36.2. The molecule has 0 amide bonds. The Morgan fingerprint density at radius 3 is 0.639 bits per heavy atom. The minimum atomic E-state index is 0.695. The molecule has 0 aliphatic carbocycles. The summed E-state index contributed by atoms with van der Waals surface area (Å²) in [6, 6.07) is 149. The number of nitrogens with zero attached hydrogens (tertiary/aromatic N) is 13. The Kier molecular flexibility index (Phi) is 20.6. The lowest BCUT2D eigenvalue weighted by Gasteiger charge is -2.16. The standard InChI is InChI=1S/2C29H17N3.C26H16N2.C25H15N3.C22H14N2/c1-2-8-19-14-25-24(13-18(19)7-1)20-9-3-4-10-21(20)26-15-27(29-31-16-30-17-32-29)22-11-5-6-12-23(22)28(25)26;1-2-8-19-18(7-1)13-14-24-20-9-3-4-10-21(20)25-15-26(29-31-16-30-17-32-29)22-11-5-6-12-23(22)28(25)27(19)24;1-2-10-19-17(8-1)18-9-3-5-12-21(18)25-22-13-6-4-11-20(22)24(16-23(19)25)26-27-14-7-15-28-26;1-2-9-18-16(7-1)17-8-3-5-11-20(17)24-21-12-6-4-10-19(21)23(13-22(18)24)25-27-14-26-15-28-25;1-2-7-16-15(6-1)10-11-19-17-8-3-4-9-18(17)21(14-20(16)19)22-23-12-5-13-24-22/h2*1-17H;1-16H;1-15H;1-14H. The molecule has 0 saturated carbocycles. The van der Waals surface area contributed by atoms with Crippen LogP contribution in [0.25, 0.3) is 283 Å². The third kappa shape index (κ3) is 14.2. The van der Waals surface area contributed by atoms with Crippen molar-refractivity contribution in [2.75, 3.05) is 0 Å². The third-order valence-corrected chi connectivity index (χ3v) is 28.5. The topological polar surface area (TPSA) is 168 Å². The molecule has 0 atom stereocenters. The van der Waals surface area contributed by atoms with Gasteiger partial charge in [0.15, 0.2) is 29.1 Å². The van der Waals surface area contributed by atoms with Gasteiger partial charge in [0.2, 0.25) is 0 Å². The first kappa shape index (κ1) is 83.7. The van der Waals surface area contributed by atoms with Crippen molar-refractivity contribution in [3.63, 3.8) is 0 Å². The number of benzene rings is 26. The Labute approximate surface area is 823 Å². The first-order valence-corrected chi connectivity index (χ1v) is 48.1. The Morgan fingerprint density at radius 1 is 0.104 bits per heavy atom. The van der Waals surface area contributed by atoms with Crippen molar-refractivity contribution in [3.8, 4) is 56.9 Å². The molecular weight excluding hydrogens is 1760 g/mol. The smallest absolute Gasteiger partial charge is 0.163 e. The molecule has 0 aliphatic rings. The average molecular weight is 1840 g/mol. The van der Waals surface area contributed by atoms with Crippen molar-refractivity contribution < 1.29 is 0 Å². The van der Waals surface area contributed by atoms with Crippen LogP contribution >= 0.6 is 0 Å². The Balaban J connectivity index is 0.0000000899. The highest BCUT2D eigenvalue weighted by Crippen LogP contribution is 2.50. The lowest BCUT2D eigenvalue weighted by atomic mass is 9.87. The van der Waals surface area contributed by atoms with Crippen molar-refractivity contribution in [1.29, 1.82) is 0 Å². The van der Waals surface area contributed by atoms with Crippen molar-refractivity contribution in [1.82, 2.24) is 64.8 Å². The zero-order valence-corrected chi connectivity index (χ0v) is 77.4. The molecule has 0 saturated heterocycles. The van der Waals surface area contributed by atoms with Crippen molar-refractivity contribution >= 4 is 226 Å². The third-order valence-electron chi connectivity index (χ3n) is 28.5. The first-order chi connectivity index (χ1) is 71.5. The van der Waals surface area contributed by atoms with Gasteiger partial charge < -0.3 is 0 Å². The molecule has 0 unspecified atom stereocenters. The Bertz CT molecular complexity index is 10400. The van der Waals surface area contributed by atoms with E-state index in [1.54, 1.807) is 62.8 Å². The van der Waals surface area contributed by atoms with E-state index in [-0.39, 0.29) is 0 Å². The molecule has 144 heavy (non-hydrogen) atoms. The van der Waals surface area contributed by atoms with Gasteiger partial charge in [0, 0.05) is 52.6 Å². The minimum Gasteiger partial charge on any atom is -0.237 e. The summed E-state index contributed by atoms with van der Waals surface area (Å²) in [5.74, 6) is 3.62. The summed E-state index contributed by atoms with van der Waals surface area (Å²) in [5, 5.41) is 52.4. The monoisotopic (exact) mass is 1830 g/mol. The van der Waals surface area contributed by atoms with Crippen LogP contribution in [0.4, 0.5) is 0 Å². The maximum absolute atomic E-state index is 4.54. The van der Waals surface area contributed by atoms with E-state index in [4.69, 9.17) is 0 Å². The average Bonchev–Trinajstić information content (AvgIpc) is 0.711. The molecule has 0 bridgehead atoms. The molecule has 0 aliphatic heterocycles. The second kappa shape index (κ2) is 35.4. The van der Waals surface area contributed by atoms with E-state index in [2.05, 4.69) is 471 Å². The number of hydrogen-bond acceptors (Lipinski definition) is 13. The van der Waals surface area contributed by atoms with Gasteiger partial charge in [-0.25, -0.2) is 64.8 Å². The van der Waals surface area contributed by atoms with Gasteiger partial charge in [-0.2, -0.15) is 0 Å². The highest BCUT2D eigenvalue weighted by Gasteiger charge is 2.24. The quantitative estimate of drug-likeness (QED) is 0.118. The number of rotatable bonds is 5. The van der Waals surface area contributed by atoms with Crippen LogP contribution in [-0.2, 0) is 0 Å². The summed E-state index contributed by atoms with van der Waals surface area (Å²) < 4.78 is 0. The normalized spacial score (nSPS) is 11.6. The number of fused-ring (bicyclic) bond motifs is 40. The van der Waals surface area contributed by atoms with Crippen LogP contribution in [0.2, 0.25) is 0 Å². The Hall–Kier alpha value is -19.6. The summed E-state index contributed by atoms with van der Waals surface area (Å²) in [4.78, 5) is 56.8. The molecule has 668 valence electrons. The van der Waals surface area contributed by atoms with Crippen LogP contribution in [0, 0.1) is 0 Å². The van der Waals surface area contributed by atoms with Gasteiger partial charge in [-0.1, -0.05) is 364 Å². The number of aromatic nitrogens is 13. The molecule has 26 aromatic carbocycles. The molecule has 31 aromatic rings. The van der Waals surface area contributed by atoms with Gasteiger partial charge >= 0.3 is 0 Å². The van der Waals surface area contributed by atoms with Gasteiger partial charge in [0.1, 0.15) is 38.0 Å². The summed E-state index contributed by atoms with van der Waals surface area (Å²) in [6.45, 7) is 0. The van der Waals surface area contributed by atoms with Crippen molar-refractivity contribution in [2.24, 2.45) is 0 Å². The highest BCUT2D eigenvalue weighted by atomic mass is 15.0. The fourth-order valence-electron chi connectivity index (χ4n) is 22.4. The molecule has 13 heteroatoms.